The predicted octanol–water partition coefficient (Wildman–Crippen LogP) is 2.67. The average Bonchev–Trinajstić information content (AvgIpc) is 2.17. The third kappa shape index (κ3) is 2.13. The van der Waals surface area contributed by atoms with Gasteiger partial charge in [-0.25, -0.2) is 0 Å². The number of thiocarbonyl (C=S) groups is 1. The molecule has 0 aromatic heterocycles. The summed E-state index contributed by atoms with van der Waals surface area (Å²) in [6.45, 7) is 0. The molecule has 1 aromatic rings. The minimum absolute atomic E-state index is 0.663. The molecule has 0 fully saturated rings. The SMILES string of the molecule is N#Cc1ccc(C(=S)CBr)cc1. The van der Waals surface area contributed by atoms with Gasteiger partial charge in [-0.1, -0.05) is 40.3 Å². The first-order chi connectivity index (χ1) is 5.77. The van der Waals surface area contributed by atoms with E-state index in [1.165, 1.54) is 0 Å². The highest BCUT2D eigenvalue weighted by molar-refractivity contribution is 9.09. The van der Waals surface area contributed by atoms with Gasteiger partial charge < -0.3 is 0 Å². The smallest absolute Gasteiger partial charge is 0.0991 e. The van der Waals surface area contributed by atoms with Gasteiger partial charge in [-0.2, -0.15) is 5.26 Å². The molecule has 0 spiro atoms. The molecule has 1 nitrogen and oxygen atoms in total. The van der Waals surface area contributed by atoms with Crippen molar-refractivity contribution in [3.8, 4) is 6.07 Å². The van der Waals surface area contributed by atoms with E-state index in [2.05, 4.69) is 22.0 Å². The molecule has 0 radical (unpaired) electrons. The van der Waals surface area contributed by atoms with Crippen molar-refractivity contribution in [1.82, 2.24) is 0 Å². The molecule has 0 atom stereocenters. The van der Waals surface area contributed by atoms with Gasteiger partial charge in [0.1, 0.15) is 0 Å². The zero-order valence-electron chi connectivity index (χ0n) is 6.25. The molecule has 0 amide bonds. The third-order valence-corrected chi connectivity index (χ3v) is 2.77. The number of hydrogen-bond acceptors (Lipinski definition) is 2. The van der Waals surface area contributed by atoms with Crippen LogP contribution in [0.25, 0.3) is 0 Å². The number of nitrogens with zero attached hydrogens (tertiary/aromatic N) is 1. The molecule has 0 saturated heterocycles. The van der Waals surface area contributed by atoms with E-state index in [0.29, 0.717) is 10.9 Å². The van der Waals surface area contributed by atoms with Crippen molar-refractivity contribution in [2.24, 2.45) is 0 Å². The van der Waals surface area contributed by atoms with E-state index in [0.717, 1.165) is 10.4 Å². The van der Waals surface area contributed by atoms with Gasteiger partial charge in [0.25, 0.3) is 0 Å². The normalized spacial score (nSPS) is 9.00. The van der Waals surface area contributed by atoms with Crippen molar-refractivity contribution < 1.29 is 0 Å². The highest BCUT2D eigenvalue weighted by atomic mass is 79.9. The Kier molecular flexibility index (Phi) is 3.39. The maximum Gasteiger partial charge on any atom is 0.0991 e. The zero-order chi connectivity index (χ0) is 8.97. The fourth-order valence-electron chi connectivity index (χ4n) is 0.808. The molecule has 0 aliphatic heterocycles. The van der Waals surface area contributed by atoms with Crippen LogP contribution in [0.15, 0.2) is 24.3 Å². The Morgan fingerprint density at radius 3 is 2.42 bits per heavy atom. The number of rotatable bonds is 2. The van der Waals surface area contributed by atoms with E-state index in [9.17, 15) is 0 Å². The summed E-state index contributed by atoms with van der Waals surface area (Å²) in [5.41, 5.74) is 1.66. The lowest BCUT2D eigenvalue weighted by molar-refractivity contribution is 1.48. The van der Waals surface area contributed by atoms with Crippen molar-refractivity contribution in [1.29, 1.82) is 5.26 Å². The largest absolute Gasteiger partial charge is 0.192 e. The van der Waals surface area contributed by atoms with E-state index in [1.807, 2.05) is 12.1 Å². The number of benzene rings is 1. The van der Waals surface area contributed by atoms with Crippen LogP contribution in [0.4, 0.5) is 0 Å². The Bertz CT molecular complexity index is 323. The van der Waals surface area contributed by atoms with Crippen molar-refractivity contribution in [2.45, 2.75) is 0 Å². The molecule has 0 unspecified atom stereocenters. The van der Waals surface area contributed by atoms with Crippen LogP contribution in [0.3, 0.4) is 0 Å². The Hall–Kier alpha value is -0.720. The van der Waals surface area contributed by atoms with E-state index in [-0.39, 0.29) is 0 Å². The minimum Gasteiger partial charge on any atom is -0.192 e. The molecule has 60 valence electrons. The summed E-state index contributed by atoms with van der Waals surface area (Å²) >= 11 is 8.35. The van der Waals surface area contributed by atoms with Crippen LogP contribution in [0.1, 0.15) is 11.1 Å². The first-order valence-corrected chi connectivity index (χ1v) is 4.90. The topological polar surface area (TPSA) is 23.8 Å². The van der Waals surface area contributed by atoms with E-state index >= 15 is 0 Å². The number of alkyl halides is 1. The standard InChI is InChI=1S/C9H6BrNS/c10-5-9(12)8-3-1-7(6-11)2-4-8/h1-4H,5H2. The molecule has 0 heterocycles. The van der Waals surface area contributed by atoms with Crippen LogP contribution in [0.5, 0.6) is 0 Å². The maximum absolute atomic E-state index is 8.53. The Balaban J connectivity index is 2.94. The van der Waals surface area contributed by atoms with Crippen molar-refractivity contribution in [3.63, 3.8) is 0 Å². The molecule has 3 heteroatoms. The molecule has 0 saturated carbocycles. The summed E-state index contributed by atoms with van der Waals surface area (Å²) in [6.07, 6.45) is 0. The van der Waals surface area contributed by atoms with Crippen molar-refractivity contribution in [3.05, 3.63) is 35.4 Å². The van der Waals surface area contributed by atoms with Gasteiger partial charge in [0.05, 0.1) is 11.6 Å². The Labute approximate surface area is 85.1 Å². The van der Waals surface area contributed by atoms with Crippen molar-refractivity contribution in [2.75, 3.05) is 5.33 Å². The van der Waals surface area contributed by atoms with Crippen molar-refractivity contribution >= 4 is 33.0 Å². The molecule has 0 aliphatic rings. The van der Waals surface area contributed by atoms with Crippen LogP contribution in [0.2, 0.25) is 0 Å². The summed E-state index contributed by atoms with van der Waals surface area (Å²) in [4.78, 5) is 0.861. The summed E-state index contributed by atoms with van der Waals surface area (Å²) in [7, 11) is 0. The Morgan fingerprint density at radius 1 is 1.42 bits per heavy atom. The van der Waals surface area contributed by atoms with Gasteiger partial charge in [-0.3, -0.25) is 0 Å². The predicted molar refractivity (Wildman–Crippen MR) is 56.7 cm³/mol. The van der Waals surface area contributed by atoms with Crippen LogP contribution in [0, 0.1) is 11.3 Å². The lowest BCUT2D eigenvalue weighted by Gasteiger charge is -1.98. The van der Waals surface area contributed by atoms with Gasteiger partial charge in [0, 0.05) is 10.2 Å². The van der Waals surface area contributed by atoms with Crippen LogP contribution >= 0.6 is 28.1 Å². The summed E-state index contributed by atoms with van der Waals surface area (Å²) in [5, 5.41) is 9.22. The second kappa shape index (κ2) is 4.34. The molecule has 12 heavy (non-hydrogen) atoms. The molecule has 0 N–H and O–H groups in total. The quantitative estimate of drug-likeness (QED) is 0.450. The second-order valence-electron chi connectivity index (χ2n) is 2.25. The highest BCUT2D eigenvalue weighted by Gasteiger charge is 1.98. The average molecular weight is 240 g/mol. The number of halogens is 1. The van der Waals surface area contributed by atoms with E-state index < -0.39 is 0 Å². The van der Waals surface area contributed by atoms with Gasteiger partial charge in [-0.05, 0) is 17.7 Å². The fraction of sp³-hybridized carbons (Fsp3) is 0.111. The van der Waals surface area contributed by atoms with Gasteiger partial charge in [0.15, 0.2) is 0 Å². The number of hydrogen-bond donors (Lipinski definition) is 0. The molecule has 1 rings (SSSR count). The molecule has 1 aromatic carbocycles. The van der Waals surface area contributed by atoms with E-state index in [4.69, 9.17) is 17.5 Å². The zero-order valence-corrected chi connectivity index (χ0v) is 8.65. The molecule has 0 bridgehead atoms. The fourth-order valence-corrected chi connectivity index (χ4v) is 1.27. The van der Waals surface area contributed by atoms with Gasteiger partial charge in [-0.15, -0.1) is 0 Å². The van der Waals surface area contributed by atoms with Crippen LogP contribution in [-0.2, 0) is 0 Å². The molecule has 0 aliphatic carbocycles. The second-order valence-corrected chi connectivity index (χ2v) is 3.30. The molecular weight excluding hydrogens is 234 g/mol. The minimum atomic E-state index is 0.663. The van der Waals surface area contributed by atoms with Gasteiger partial charge >= 0.3 is 0 Å². The number of nitriles is 1. The molecular formula is C9H6BrNS. The summed E-state index contributed by atoms with van der Waals surface area (Å²) in [6, 6.07) is 9.32. The summed E-state index contributed by atoms with van der Waals surface area (Å²) < 4.78 is 0. The first kappa shape index (κ1) is 9.37. The first-order valence-electron chi connectivity index (χ1n) is 3.37. The lowest BCUT2D eigenvalue weighted by atomic mass is 10.1. The monoisotopic (exact) mass is 239 g/mol. The lowest BCUT2D eigenvalue weighted by Crippen LogP contribution is -1.97. The Morgan fingerprint density at radius 2 is 2.00 bits per heavy atom. The highest BCUT2D eigenvalue weighted by Crippen LogP contribution is 2.06. The maximum atomic E-state index is 8.53. The van der Waals surface area contributed by atoms with Crippen LogP contribution in [-0.4, -0.2) is 10.2 Å². The van der Waals surface area contributed by atoms with E-state index in [1.54, 1.807) is 12.1 Å². The third-order valence-electron chi connectivity index (χ3n) is 1.46. The van der Waals surface area contributed by atoms with Gasteiger partial charge in [0.2, 0.25) is 0 Å². The summed E-state index contributed by atoms with van der Waals surface area (Å²) in [5.74, 6) is 0. The van der Waals surface area contributed by atoms with Crippen LogP contribution < -0.4 is 0 Å².